The smallest absolute Gasteiger partial charge is 0.273 e. The van der Waals surface area contributed by atoms with Crippen molar-refractivity contribution >= 4 is 35.3 Å². The molecule has 158 valence electrons. The molecule has 0 bridgehead atoms. The molecule has 2 aliphatic rings. The van der Waals surface area contributed by atoms with E-state index >= 15 is 0 Å². The average Bonchev–Trinajstić information content (AvgIpc) is 3.54. The summed E-state index contributed by atoms with van der Waals surface area (Å²) in [7, 11) is 0. The maximum atomic E-state index is 11.9. The number of benzene rings is 1. The van der Waals surface area contributed by atoms with Crippen molar-refractivity contribution in [2.45, 2.75) is 56.7 Å². The van der Waals surface area contributed by atoms with Crippen LogP contribution in [0.3, 0.4) is 0 Å². The second-order valence-corrected chi connectivity index (χ2v) is 7.85. The van der Waals surface area contributed by atoms with E-state index in [4.69, 9.17) is 16.9 Å². The summed E-state index contributed by atoms with van der Waals surface area (Å²) in [5.41, 5.74) is 13.8. The van der Waals surface area contributed by atoms with Crippen molar-refractivity contribution in [2.75, 3.05) is 16.0 Å². The molecular weight excluding hydrogens is 382 g/mol. The number of nitrogens with one attached hydrogen (secondary N) is 4. The Bertz CT molecular complexity index is 944. The molecule has 30 heavy (non-hydrogen) atoms. The minimum atomic E-state index is -0.734. The summed E-state index contributed by atoms with van der Waals surface area (Å²) >= 11 is 0. The zero-order chi connectivity index (χ0) is 21.1. The monoisotopic (exact) mass is 409 g/mol. The van der Waals surface area contributed by atoms with Crippen LogP contribution in [0.4, 0.5) is 23.1 Å². The van der Waals surface area contributed by atoms with E-state index in [-0.39, 0.29) is 29.5 Å². The molecule has 0 saturated heterocycles. The van der Waals surface area contributed by atoms with E-state index in [0.717, 1.165) is 44.2 Å². The minimum Gasteiger partial charge on any atom is -0.382 e. The van der Waals surface area contributed by atoms with Gasteiger partial charge in [-0.2, -0.15) is 4.98 Å². The Morgan fingerprint density at radius 1 is 1.10 bits per heavy atom. The number of nitrogens with zero attached hydrogens (tertiary/aromatic N) is 3. The molecule has 8 N–H and O–H groups in total. The number of nitrogens with two attached hydrogens (primary N) is 2. The van der Waals surface area contributed by atoms with E-state index in [0.29, 0.717) is 17.3 Å². The molecule has 0 aliphatic heterocycles. The van der Waals surface area contributed by atoms with Crippen LogP contribution in [0.2, 0.25) is 0 Å². The fourth-order valence-corrected chi connectivity index (χ4v) is 3.68. The molecule has 1 heterocycles. The van der Waals surface area contributed by atoms with E-state index in [1.54, 1.807) is 0 Å². The van der Waals surface area contributed by atoms with Crippen LogP contribution in [-0.2, 0) is 0 Å². The number of carbonyl (C=O) groups is 1. The lowest BCUT2D eigenvalue weighted by Gasteiger charge is -2.29. The lowest BCUT2D eigenvalue weighted by molar-refractivity contribution is 0.0995. The molecule has 0 spiro atoms. The Hall–Kier alpha value is -3.27. The number of primary amides is 1. The first-order chi connectivity index (χ1) is 14.5. The highest BCUT2D eigenvalue weighted by molar-refractivity contribution is 5.98. The normalized spacial score (nSPS) is 21.0. The van der Waals surface area contributed by atoms with Gasteiger partial charge in [-0.15, -0.1) is 10.2 Å². The molecule has 0 radical (unpaired) electrons. The lowest BCUT2D eigenvalue weighted by Crippen LogP contribution is -2.43. The van der Waals surface area contributed by atoms with Gasteiger partial charge >= 0.3 is 0 Å². The highest BCUT2D eigenvalue weighted by atomic mass is 16.1. The Kier molecular flexibility index (Phi) is 5.75. The van der Waals surface area contributed by atoms with Crippen LogP contribution in [0.1, 0.15) is 54.6 Å². The van der Waals surface area contributed by atoms with Gasteiger partial charge in [0.2, 0.25) is 5.95 Å². The molecule has 2 saturated carbocycles. The quantitative estimate of drug-likeness (QED) is 0.360. The zero-order valence-electron chi connectivity index (χ0n) is 16.7. The third kappa shape index (κ3) is 4.48. The lowest BCUT2D eigenvalue weighted by atomic mass is 9.91. The summed E-state index contributed by atoms with van der Waals surface area (Å²) in [6.07, 6.45) is 7.59. The van der Waals surface area contributed by atoms with E-state index in [2.05, 4.69) is 31.1 Å². The predicted octanol–water partition coefficient (Wildman–Crippen LogP) is 1.97. The zero-order valence-corrected chi connectivity index (χ0v) is 16.7. The van der Waals surface area contributed by atoms with E-state index in [1.165, 1.54) is 6.21 Å². The second-order valence-electron chi connectivity index (χ2n) is 7.85. The number of rotatable bonds is 8. The molecule has 4 rings (SSSR count). The number of aromatic nitrogens is 3. The van der Waals surface area contributed by atoms with Gasteiger partial charge in [-0.05, 0) is 37.8 Å². The third-order valence-corrected chi connectivity index (χ3v) is 5.49. The fourth-order valence-electron chi connectivity index (χ4n) is 3.68. The summed E-state index contributed by atoms with van der Waals surface area (Å²) < 4.78 is 0. The molecule has 2 aromatic rings. The van der Waals surface area contributed by atoms with Crippen LogP contribution >= 0.6 is 0 Å². The van der Waals surface area contributed by atoms with E-state index in [9.17, 15) is 4.79 Å². The Labute approximate surface area is 174 Å². The number of anilines is 4. The SMILES string of the molecule is N=Cc1c(Nc2nc(N[C@@H]3CCCC[C@@H]3N)nnc2C(N)=O)cccc1NC1CC1. The van der Waals surface area contributed by atoms with Crippen LogP contribution < -0.4 is 27.4 Å². The molecule has 2 aliphatic carbocycles. The van der Waals surface area contributed by atoms with Crippen LogP contribution in [0, 0.1) is 5.41 Å². The molecule has 1 aromatic carbocycles. The molecule has 10 heteroatoms. The molecular formula is C20H27N9O. The van der Waals surface area contributed by atoms with Gasteiger partial charge in [0.15, 0.2) is 11.5 Å². The van der Waals surface area contributed by atoms with Crippen LogP contribution in [0.15, 0.2) is 18.2 Å². The summed E-state index contributed by atoms with van der Waals surface area (Å²) in [6.45, 7) is 0. The van der Waals surface area contributed by atoms with Crippen molar-refractivity contribution < 1.29 is 4.79 Å². The summed E-state index contributed by atoms with van der Waals surface area (Å²) in [4.78, 5) is 16.3. The standard InChI is InChI=1S/C20H27N9O/c21-10-12-14(24-11-8-9-11)6-3-7-15(12)25-19-17(18(23)30)28-29-20(27-19)26-16-5-2-1-4-13(16)22/h3,6-7,10-11,13,16,21,24H,1-2,4-5,8-9,22H2,(H2,23,30)(H2,25,26,27,29)/t13-,16+/m0/s1. The maximum absolute atomic E-state index is 11.9. The maximum Gasteiger partial charge on any atom is 0.273 e. The summed E-state index contributed by atoms with van der Waals surface area (Å²) in [6, 6.07) is 6.12. The van der Waals surface area contributed by atoms with Crippen molar-refractivity contribution in [3.8, 4) is 0 Å². The van der Waals surface area contributed by atoms with Crippen molar-refractivity contribution in [1.82, 2.24) is 15.2 Å². The van der Waals surface area contributed by atoms with Gasteiger partial charge in [-0.1, -0.05) is 18.9 Å². The fraction of sp³-hybridized carbons (Fsp3) is 0.450. The van der Waals surface area contributed by atoms with Crippen LogP contribution in [0.25, 0.3) is 0 Å². The molecule has 1 aromatic heterocycles. The largest absolute Gasteiger partial charge is 0.382 e. The van der Waals surface area contributed by atoms with Crippen molar-refractivity contribution in [3.63, 3.8) is 0 Å². The average molecular weight is 409 g/mol. The van der Waals surface area contributed by atoms with E-state index in [1.807, 2.05) is 18.2 Å². The highest BCUT2D eigenvalue weighted by Crippen LogP contribution is 2.31. The Balaban J connectivity index is 1.62. The first-order valence-corrected chi connectivity index (χ1v) is 10.3. The second kappa shape index (κ2) is 8.62. The molecule has 2 atom stereocenters. The highest BCUT2D eigenvalue weighted by Gasteiger charge is 2.25. The topological polar surface area (TPSA) is 168 Å². The van der Waals surface area contributed by atoms with Gasteiger partial charge in [0.1, 0.15) is 0 Å². The van der Waals surface area contributed by atoms with Crippen molar-refractivity contribution in [3.05, 3.63) is 29.5 Å². The summed E-state index contributed by atoms with van der Waals surface area (Å²) in [5, 5.41) is 25.6. The Morgan fingerprint density at radius 2 is 1.87 bits per heavy atom. The van der Waals surface area contributed by atoms with Crippen molar-refractivity contribution in [1.29, 1.82) is 5.41 Å². The molecule has 10 nitrogen and oxygen atoms in total. The first kappa shape index (κ1) is 20.0. The number of hydrogen-bond acceptors (Lipinski definition) is 9. The number of amides is 1. The third-order valence-electron chi connectivity index (χ3n) is 5.49. The first-order valence-electron chi connectivity index (χ1n) is 10.3. The molecule has 2 fully saturated rings. The minimum absolute atomic E-state index is 0.0178. The number of carbonyl (C=O) groups excluding carboxylic acids is 1. The van der Waals surface area contributed by atoms with Crippen molar-refractivity contribution in [2.24, 2.45) is 11.5 Å². The van der Waals surface area contributed by atoms with Crippen LogP contribution in [-0.4, -0.2) is 45.4 Å². The van der Waals surface area contributed by atoms with Gasteiger partial charge in [0.05, 0.1) is 5.69 Å². The molecule has 1 amide bonds. The Morgan fingerprint density at radius 3 is 2.57 bits per heavy atom. The van der Waals surface area contributed by atoms with Gasteiger partial charge in [-0.3, -0.25) is 4.79 Å². The van der Waals surface area contributed by atoms with Gasteiger partial charge in [-0.25, -0.2) is 0 Å². The molecule has 0 unspecified atom stereocenters. The van der Waals surface area contributed by atoms with Gasteiger partial charge in [0, 0.05) is 35.6 Å². The van der Waals surface area contributed by atoms with Crippen LogP contribution in [0.5, 0.6) is 0 Å². The van der Waals surface area contributed by atoms with Gasteiger partial charge < -0.3 is 32.8 Å². The van der Waals surface area contributed by atoms with E-state index < -0.39 is 5.91 Å². The van der Waals surface area contributed by atoms with Gasteiger partial charge in [0.25, 0.3) is 5.91 Å². The summed E-state index contributed by atoms with van der Waals surface area (Å²) in [5.74, 6) is -0.258. The predicted molar refractivity (Wildman–Crippen MR) is 116 cm³/mol. The number of hydrogen-bond donors (Lipinski definition) is 6.